The Labute approximate surface area is 132 Å². The molecule has 0 atom stereocenters. The Bertz CT molecular complexity index is 902. The van der Waals surface area contributed by atoms with Crippen molar-refractivity contribution in [1.82, 2.24) is 4.98 Å². The van der Waals surface area contributed by atoms with Crippen LogP contribution >= 0.6 is 11.6 Å². The third-order valence-corrected chi connectivity index (χ3v) is 3.66. The number of aromatic carboxylic acids is 1. The Balaban J connectivity index is 2.05. The number of halogens is 1. The predicted molar refractivity (Wildman–Crippen MR) is 88.3 cm³/mol. The zero-order chi connectivity index (χ0) is 15.7. The van der Waals surface area contributed by atoms with Crippen LogP contribution in [0.4, 0.5) is 0 Å². The number of rotatable bonds is 3. The van der Waals surface area contributed by atoms with Crippen LogP contribution in [0, 0.1) is 0 Å². The number of nitrogens with zero attached hydrogens (tertiary/aromatic N) is 1. The summed E-state index contributed by atoms with van der Waals surface area (Å²) in [6.45, 7) is 4.04. The lowest BCUT2D eigenvalue weighted by molar-refractivity contribution is 0.0697. The highest BCUT2D eigenvalue weighted by molar-refractivity contribution is 6.31. The van der Waals surface area contributed by atoms with E-state index in [0.717, 1.165) is 16.5 Å². The first-order chi connectivity index (χ1) is 10.5. The normalized spacial score (nSPS) is 10.6. The summed E-state index contributed by atoms with van der Waals surface area (Å²) >= 11 is 6.00. The first-order valence-electron chi connectivity index (χ1n) is 6.64. The first-order valence-corrected chi connectivity index (χ1v) is 7.02. The minimum atomic E-state index is -0.965. The molecular formula is C18H12ClNO2. The molecule has 3 aromatic rings. The van der Waals surface area contributed by atoms with Crippen LogP contribution in [0.15, 0.2) is 61.2 Å². The Hall–Kier alpha value is -2.65. The molecule has 0 radical (unpaired) electrons. The van der Waals surface area contributed by atoms with E-state index >= 15 is 0 Å². The number of carbonyl (C=O) groups is 1. The van der Waals surface area contributed by atoms with E-state index in [1.165, 1.54) is 0 Å². The van der Waals surface area contributed by atoms with Gasteiger partial charge in [-0.3, -0.25) is 0 Å². The van der Waals surface area contributed by atoms with Crippen molar-refractivity contribution in [1.29, 1.82) is 0 Å². The highest BCUT2D eigenvalue weighted by Gasteiger charge is 2.09. The molecule has 1 aromatic heterocycles. The monoisotopic (exact) mass is 309 g/mol. The molecule has 0 amide bonds. The second kappa shape index (κ2) is 5.62. The molecule has 3 rings (SSSR count). The van der Waals surface area contributed by atoms with Crippen LogP contribution in [0.5, 0.6) is 0 Å². The van der Waals surface area contributed by atoms with Crippen molar-refractivity contribution < 1.29 is 9.90 Å². The van der Waals surface area contributed by atoms with Crippen molar-refractivity contribution in [2.24, 2.45) is 0 Å². The van der Waals surface area contributed by atoms with Crippen LogP contribution < -0.4 is 0 Å². The van der Waals surface area contributed by atoms with Crippen molar-refractivity contribution in [3.63, 3.8) is 0 Å². The van der Waals surface area contributed by atoms with Crippen LogP contribution in [-0.2, 0) is 0 Å². The summed E-state index contributed by atoms with van der Waals surface area (Å²) in [7, 11) is 0. The van der Waals surface area contributed by atoms with Gasteiger partial charge in [0.25, 0.3) is 0 Å². The number of fused-ring (bicyclic) bond motifs is 1. The molecule has 4 heteroatoms. The van der Waals surface area contributed by atoms with Crippen molar-refractivity contribution in [2.45, 2.75) is 0 Å². The highest BCUT2D eigenvalue weighted by Crippen LogP contribution is 2.24. The lowest BCUT2D eigenvalue weighted by Gasteiger charge is -2.08. The molecule has 0 saturated carbocycles. The van der Waals surface area contributed by atoms with E-state index in [0.29, 0.717) is 16.3 Å². The predicted octanol–water partition coefficient (Wildman–Crippen LogP) is 4.65. The van der Waals surface area contributed by atoms with Gasteiger partial charge in [0.1, 0.15) is 0 Å². The van der Waals surface area contributed by atoms with Gasteiger partial charge >= 0.3 is 5.97 Å². The molecule has 1 heterocycles. The van der Waals surface area contributed by atoms with Crippen LogP contribution in [0.25, 0.3) is 16.5 Å². The van der Waals surface area contributed by atoms with E-state index in [9.17, 15) is 4.79 Å². The van der Waals surface area contributed by atoms with E-state index in [-0.39, 0.29) is 5.56 Å². The molecule has 0 saturated heterocycles. The fraction of sp³-hybridized carbons (Fsp3) is 0. The number of pyridine rings is 1. The summed E-state index contributed by atoms with van der Waals surface area (Å²) in [6, 6.07) is 16.0. The van der Waals surface area contributed by atoms with Gasteiger partial charge in [0, 0.05) is 16.0 Å². The van der Waals surface area contributed by atoms with Gasteiger partial charge in [-0.25, -0.2) is 9.78 Å². The van der Waals surface area contributed by atoms with E-state index in [1.807, 2.05) is 30.3 Å². The largest absolute Gasteiger partial charge is 0.478 e. The molecule has 0 aliphatic carbocycles. The maximum Gasteiger partial charge on any atom is 0.335 e. The van der Waals surface area contributed by atoms with E-state index in [2.05, 4.69) is 11.6 Å². The maximum atomic E-state index is 11.1. The molecule has 3 nitrogen and oxygen atoms in total. The zero-order valence-corrected chi connectivity index (χ0v) is 12.3. The van der Waals surface area contributed by atoms with E-state index < -0.39 is 5.97 Å². The molecular weight excluding hydrogens is 298 g/mol. The van der Waals surface area contributed by atoms with Gasteiger partial charge in [0.05, 0.1) is 16.8 Å². The highest BCUT2D eigenvalue weighted by atomic mass is 35.5. The second-order valence-corrected chi connectivity index (χ2v) is 5.33. The molecule has 0 fully saturated rings. The van der Waals surface area contributed by atoms with Crippen molar-refractivity contribution in [3.05, 3.63) is 83.0 Å². The number of hydrogen-bond acceptors (Lipinski definition) is 2. The fourth-order valence-electron chi connectivity index (χ4n) is 2.25. The molecule has 0 spiro atoms. The second-order valence-electron chi connectivity index (χ2n) is 4.90. The summed E-state index contributed by atoms with van der Waals surface area (Å²) in [5.41, 5.74) is 3.10. The lowest BCUT2D eigenvalue weighted by atomic mass is 10.0. The number of aromatic nitrogens is 1. The van der Waals surface area contributed by atoms with E-state index in [1.54, 1.807) is 24.3 Å². The number of carboxylic acids is 1. The summed E-state index contributed by atoms with van der Waals surface area (Å²) in [5, 5.41) is 10.7. The van der Waals surface area contributed by atoms with Gasteiger partial charge in [0.15, 0.2) is 0 Å². The first kappa shape index (κ1) is 14.3. The maximum absolute atomic E-state index is 11.1. The molecule has 0 aliphatic rings. The third kappa shape index (κ3) is 2.71. The number of benzene rings is 2. The number of hydrogen-bond donors (Lipinski definition) is 1. The van der Waals surface area contributed by atoms with Crippen LogP contribution in [-0.4, -0.2) is 16.1 Å². The van der Waals surface area contributed by atoms with Crippen LogP contribution in [0.2, 0.25) is 5.02 Å². The minimum Gasteiger partial charge on any atom is -0.478 e. The van der Waals surface area contributed by atoms with Gasteiger partial charge in [-0.05, 0) is 35.9 Å². The molecule has 0 unspecified atom stereocenters. The number of carboxylic acid groups (broad SMARTS) is 1. The summed E-state index contributed by atoms with van der Waals surface area (Å²) < 4.78 is 0. The Morgan fingerprint density at radius 2 is 1.77 bits per heavy atom. The average molecular weight is 310 g/mol. The summed E-state index contributed by atoms with van der Waals surface area (Å²) in [4.78, 5) is 15.6. The molecule has 22 heavy (non-hydrogen) atoms. The van der Waals surface area contributed by atoms with Crippen molar-refractivity contribution >= 4 is 34.0 Å². The smallest absolute Gasteiger partial charge is 0.335 e. The Kier molecular flexibility index (Phi) is 3.65. The van der Waals surface area contributed by atoms with Gasteiger partial charge in [-0.15, -0.1) is 0 Å². The van der Waals surface area contributed by atoms with Crippen molar-refractivity contribution in [2.75, 3.05) is 0 Å². The molecule has 0 aliphatic heterocycles. The standard InChI is InChI=1S/C18H12ClNO2/c1-11(13-3-2-4-14(9-13)18(21)22)16-8-6-12-5-7-15(19)10-17(12)20-16/h2-10H,1H2,(H,21,22). The zero-order valence-electron chi connectivity index (χ0n) is 11.6. The van der Waals surface area contributed by atoms with Gasteiger partial charge in [-0.1, -0.05) is 42.4 Å². The Morgan fingerprint density at radius 1 is 1.05 bits per heavy atom. The summed E-state index contributed by atoms with van der Waals surface area (Å²) in [6.07, 6.45) is 0. The van der Waals surface area contributed by atoms with Gasteiger partial charge in [-0.2, -0.15) is 0 Å². The molecule has 108 valence electrons. The average Bonchev–Trinajstić information content (AvgIpc) is 2.53. The van der Waals surface area contributed by atoms with Gasteiger partial charge < -0.3 is 5.11 Å². The topological polar surface area (TPSA) is 50.2 Å². The van der Waals surface area contributed by atoms with E-state index in [4.69, 9.17) is 16.7 Å². The SMILES string of the molecule is C=C(c1cccc(C(=O)O)c1)c1ccc2ccc(Cl)cc2n1. The molecule has 0 bridgehead atoms. The summed E-state index contributed by atoms with van der Waals surface area (Å²) in [5.74, 6) is -0.965. The quantitative estimate of drug-likeness (QED) is 0.766. The Morgan fingerprint density at radius 3 is 2.55 bits per heavy atom. The minimum absolute atomic E-state index is 0.225. The van der Waals surface area contributed by atoms with Crippen molar-refractivity contribution in [3.8, 4) is 0 Å². The fourth-order valence-corrected chi connectivity index (χ4v) is 2.41. The van der Waals surface area contributed by atoms with Gasteiger partial charge in [0.2, 0.25) is 0 Å². The molecule has 1 N–H and O–H groups in total. The third-order valence-electron chi connectivity index (χ3n) is 3.42. The molecule has 2 aromatic carbocycles. The van der Waals surface area contributed by atoms with Crippen LogP contribution in [0.1, 0.15) is 21.6 Å². The lowest BCUT2D eigenvalue weighted by Crippen LogP contribution is -1.98. The van der Waals surface area contributed by atoms with Crippen LogP contribution in [0.3, 0.4) is 0 Å².